The molecule has 2 rings (SSSR count). The van der Waals surface area contributed by atoms with Crippen molar-refractivity contribution in [1.82, 2.24) is 0 Å². The Hall–Kier alpha value is -0.500. The molecule has 0 aromatic carbocycles. The molecule has 0 aliphatic carbocycles. The average molecular weight is 302 g/mol. The Morgan fingerprint density at radius 2 is 2.05 bits per heavy atom. The van der Waals surface area contributed by atoms with Gasteiger partial charge in [0.1, 0.15) is 18.5 Å². The maximum atomic E-state index is 9.98. The quantitative estimate of drug-likeness (QED) is 0.567. The first-order valence-corrected chi connectivity index (χ1v) is 7.26. The van der Waals surface area contributed by atoms with Crippen LogP contribution in [0.1, 0.15) is 27.2 Å². The summed E-state index contributed by atoms with van der Waals surface area (Å²) in [6, 6.07) is 0. The van der Waals surface area contributed by atoms with E-state index in [1.807, 2.05) is 20.8 Å². The molecule has 0 spiro atoms. The third kappa shape index (κ3) is 3.02. The average Bonchev–Trinajstić information content (AvgIpc) is 2.86. The van der Waals surface area contributed by atoms with Crippen molar-refractivity contribution in [2.45, 2.75) is 57.1 Å². The van der Waals surface area contributed by atoms with E-state index in [2.05, 4.69) is 6.58 Å². The first-order valence-electron chi connectivity index (χ1n) is 7.26. The van der Waals surface area contributed by atoms with Gasteiger partial charge in [-0.05, 0) is 20.3 Å². The number of hydrogen-bond donors (Lipinski definition) is 1. The standard InChI is InChI=1S/C15H26O6/c1-6-7-11(18-9-17-5)15(8-16)10(2)12-13(21-15)20-14(3,4)19-12/h6,10-13,16H,1,7-9H2,2-5H3/t10-,11+,12-,13+,15+/m1/s1. The first-order chi connectivity index (χ1) is 9.90. The zero-order chi connectivity index (χ0) is 15.7. The van der Waals surface area contributed by atoms with Crippen molar-refractivity contribution in [2.75, 3.05) is 20.5 Å². The second-order valence-corrected chi connectivity index (χ2v) is 6.07. The second kappa shape index (κ2) is 6.32. The number of fused-ring (bicyclic) bond motifs is 1. The molecule has 0 amide bonds. The lowest BCUT2D eigenvalue weighted by Gasteiger charge is -2.39. The minimum Gasteiger partial charge on any atom is -0.393 e. The van der Waals surface area contributed by atoms with E-state index < -0.39 is 17.7 Å². The molecule has 2 saturated heterocycles. The number of rotatable bonds is 7. The van der Waals surface area contributed by atoms with Gasteiger partial charge < -0.3 is 28.8 Å². The van der Waals surface area contributed by atoms with Gasteiger partial charge in [0.25, 0.3) is 0 Å². The van der Waals surface area contributed by atoms with E-state index in [0.717, 1.165) is 0 Å². The van der Waals surface area contributed by atoms with Crippen molar-refractivity contribution in [3.8, 4) is 0 Å². The topological polar surface area (TPSA) is 66.4 Å². The van der Waals surface area contributed by atoms with Crippen LogP contribution >= 0.6 is 0 Å². The molecule has 5 atom stereocenters. The maximum Gasteiger partial charge on any atom is 0.188 e. The third-order valence-corrected chi connectivity index (χ3v) is 4.25. The molecule has 0 bridgehead atoms. The summed E-state index contributed by atoms with van der Waals surface area (Å²) in [6.07, 6.45) is 1.17. The molecular weight excluding hydrogens is 276 g/mol. The molecule has 1 N–H and O–H groups in total. The molecular formula is C15H26O6. The molecule has 0 aromatic heterocycles. The zero-order valence-corrected chi connectivity index (χ0v) is 13.2. The summed E-state index contributed by atoms with van der Waals surface area (Å²) in [6.45, 7) is 9.37. The molecule has 2 aliphatic heterocycles. The molecule has 0 unspecified atom stereocenters. The summed E-state index contributed by atoms with van der Waals surface area (Å²) in [5.74, 6) is -0.761. The van der Waals surface area contributed by atoms with Crippen molar-refractivity contribution in [3.05, 3.63) is 12.7 Å². The highest BCUT2D eigenvalue weighted by atomic mass is 16.8. The van der Waals surface area contributed by atoms with Gasteiger partial charge in [0.05, 0.1) is 12.7 Å². The Balaban J connectivity index is 2.19. The summed E-state index contributed by atoms with van der Waals surface area (Å²) < 4.78 is 28.4. The van der Waals surface area contributed by atoms with Crippen LogP contribution in [0, 0.1) is 5.92 Å². The molecule has 6 heteroatoms. The number of methoxy groups -OCH3 is 1. The van der Waals surface area contributed by atoms with E-state index in [9.17, 15) is 5.11 Å². The molecule has 2 fully saturated rings. The maximum absolute atomic E-state index is 9.98. The van der Waals surface area contributed by atoms with Crippen molar-refractivity contribution in [1.29, 1.82) is 0 Å². The third-order valence-electron chi connectivity index (χ3n) is 4.25. The van der Waals surface area contributed by atoms with Gasteiger partial charge in [0.15, 0.2) is 12.1 Å². The van der Waals surface area contributed by atoms with E-state index in [4.69, 9.17) is 23.7 Å². The normalized spacial score (nSPS) is 39.2. The molecule has 21 heavy (non-hydrogen) atoms. The highest BCUT2D eigenvalue weighted by molar-refractivity contribution is 5.06. The lowest BCUT2D eigenvalue weighted by atomic mass is 9.81. The summed E-state index contributed by atoms with van der Waals surface area (Å²) in [5.41, 5.74) is -0.890. The van der Waals surface area contributed by atoms with Crippen molar-refractivity contribution in [2.24, 2.45) is 5.92 Å². The van der Waals surface area contributed by atoms with Crippen LogP contribution in [0.5, 0.6) is 0 Å². The minimum atomic E-state index is -0.890. The summed E-state index contributed by atoms with van der Waals surface area (Å²) >= 11 is 0. The van der Waals surface area contributed by atoms with Crippen LogP contribution in [0.2, 0.25) is 0 Å². The van der Waals surface area contributed by atoms with E-state index in [1.165, 1.54) is 0 Å². The van der Waals surface area contributed by atoms with E-state index in [1.54, 1.807) is 13.2 Å². The molecule has 2 aliphatic rings. The molecule has 0 aromatic rings. The van der Waals surface area contributed by atoms with Crippen molar-refractivity contribution in [3.63, 3.8) is 0 Å². The van der Waals surface area contributed by atoms with Gasteiger partial charge in [-0.3, -0.25) is 0 Å². The Morgan fingerprint density at radius 3 is 2.57 bits per heavy atom. The Morgan fingerprint density at radius 1 is 1.33 bits per heavy atom. The highest BCUT2D eigenvalue weighted by Crippen LogP contribution is 2.48. The van der Waals surface area contributed by atoms with Crippen molar-refractivity contribution >= 4 is 0 Å². The van der Waals surface area contributed by atoms with E-state index in [-0.39, 0.29) is 31.5 Å². The van der Waals surface area contributed by atoms with Gasteiger partial charge in [-0.25, -0.2) is 0 Å². The Bertz CT molecular complexity index is 371. The smallest absolute Gasteiger partial charge is 0.188 e. The van der Waals surface area contributed by atoms with Crippen molar-refractivity contribution < 1.29 is 28.8 Å². The predicted molar refractivity (Wildman–Crippen MR) is 75.5 cm³/mol. The Labute approximate surface area is 126 Å². The molecule has 6 nitrogen and oxygen atoms in total. The van der Waals surface area contributed by atoms with Gasteiger partial charge in [0.2, 0.25) is 0 Å². The fourth-order valence-electron chi connectivity index (χ4n) is 3.15. The summed E-state index contributed by atoms with van der Waals surface area (Å²) in [5, 5.41) is 9.98. The van der Waals surface area contributed by atoms with Crippen LogP contribution < -0.4 is 0 Å². The largest absolute Gasteiger partial charge is 0.393 e. The van der Waals surface area contributed by atoms with Crippen LogP contribution in [0.15, 0.2) is 12.7 Å². The summed E-state index contributed by atoms with van der Waals surface area (Å²) in [7, 11) is 1.55. The summed E-state index contributed by atoms with van der Waals surface area (Å²) in [4.78, 5) is 0. The minimum absolute atomic E-state index is 0.0870. The number of ether oxygens (including phenoxy) is 5. The Kier molecular flexibility index (Phi) is 5.07. The van der Waals surface area contributed by atoms with Gasteiger partial charge in [0, 0.05) is 13.0 Å². The van der Waals surface area contributed by atoms with E-state index in [0.29, 0.717) is 6.42 Å². The monoisotopic (exact) mass is 302 g/mol. The SMILES string of the molecule is C=CC[C@H](OCOC)[C@@]1(CO)O[C@@H]2OC(C)(C)O[C@@H]2[C@H]1C. The fraction of sp³-hybridized carbons (Fsp3) is 0.867. The fourth-order valence-corrected chi connectivity index (χ4v) is 3.15. The van der Waals surface area contributed by atoms with Gasteiger partial charge in [-0.15, -0.1) is 6.58 Å². The predicted octanol–water partition coefficient (Wildman–Crippen LogP) is 1.43. The molecule has 0 saturated carbocycles. The highest BCUT2D eigenvalue weighted by Gasteiger charge is 2.62. The molecule has 0 radical (unpaired) electrons. The molecule has 2 heterocycles. The number of aliphatic hydroxyl groups is 1. The molecule has 122 valence electrons. The lowest BCUT2D eigenvalue weighted by molar-refractivity contribution is -0.268. The van der Waals surface area contributed by atoms with Gasteiger partial charge in [-0.1, -0.05) is 13.0 Å². The van der Waals surface area contributed by atoms with Gasteiger partial charge in [-0.2, -0.15) is 0 Å². The van der Waals surface area contributed by atoms with E-state index >= 15 is 0 Å². The lowest BCUT2D eigenvalue weighted by Crippen LogP contribution is -2.53. The number of aliphatic hydroxyl groups excluding tert-OH is 1. The second-order valence-electron chi connectivity index (χ2n) is 6.07. The first kappa shape index (κ1) is 16.9. The zero-order valence-electron chi connectivity index (χ0n) is 13.2. The van der Waals surface area contributed by atoms with Gasteiger partial charge >= 0.3 is 0 Å². The number of hydrogen-bond acceptors (Lipinski definition) is 6. The van der Waals surface area contributed by atoms with Crippen LogP contribution in [0.3, 0.4) is 0 Å². The van der Waals surface area contributed by atoms with Crippen LogP contribution in [-0.4, -0.2) is 55.5 Å². The van der Waals surface area contributed by atoms with Crippen LogP contribution in [0.4, 0.5) is 0 Å². The van der Waals surface area contributed by atoms with Crippen LogP contribution in [0.25, 0.3) is 0 Å². The van der Waals surface area contributed by atoms with Crippen LogP contribution in [-0.2, 0) is 23.7 Å².